The molecule has 2 aromatic rings. The highest BCUT2D eigenvalue weighted by molar-refractivity contribution is 7.86. The van der Waals surface area contributed by atoms with Gasteiger partial charge in [-0.3, -0.25) is 0 Å². The van der Waals surface area contributed by atoms with Crippen molar-refractivity contribution in [1.82, 2.24) is 18.6 Å². The van der Waals surface area contributed by atoms with E-state index in [4.69, 9.17) is 4.74 Å². The van der Waals surface area contributed by atoms with E-state index in [1.807, 2.05) is 24.3 Å². The van der Waals surface area contributed by atoms with Gasteiger partial charge in [0.05, 0.1) is 25.0 Å². The maximum Gasteiger partial charge on any atom is 0.281 e. The second kappa shape index (κ2) is 5.95. The first kappa shape index (κ1) is 16.0. The largest absolute Gasteiger partial charge is 0.497 e. The summed E-state index contributed by atoms with van der Waals surface area (Å²) in [6.07, 6.45) is 0.600. The molecule has 0 aliphatic carbocycles. The quantitative estimate of drug-likeness (QED) is 0.911. The molecular formula is C15H20N4O3S. The van der Waals surface area contributed by atoms with Gasteiger partial charge in [0.1, 0.15) is 11.6 Å². The number of nitrogens with zero attached hydrogens (tertiary/aromatic N) is 3. The standard InChI is InChI=1S/C15H20N4O3S/c1-18(2)23(20,21)19-8-7-13-14(10-19)17-15(16-13)11-5-4-6-12(9-11)22-3/h4-6,9H,7-8,10H2,1-3H3,(H,16,17). The fourth-order valence-electron chi connectivity index (χ4n) is 2.60. The highest BCUT2D eigenvalue weighted by atomic mass is 32.2. The molecule has 0 saturated carbocycles. The molecule has 1 N–H and O–H groups in total. The zero-order chi connectivity index (χ0) is 16.6. The van der Waals surface area contributed by atoms with Crippen molar-refractivity contribution < 1.29 is 13.2 Å². The minimum atomic E-state index is -3.41. The molecule has 1 aliphatic rings. The van der Waals surface area contributed by atoms with E-state index in [1.54, 1.807) is 21.2 Å². The first-order chi connectivity index (χ1) is 10.9. The Labute approximate surface area is 136 Å². The topological polar surface area (TPSA) is 78.5 Å². The number of fused-ring (bicyclic) bond motifs is 1. The van der Waals surface area contributed by atoms with E-state index in [0.717, 1.165) is 28.5 Å². The highest BCUT2D eigenvalue weighted by Gasteiger charge is 2.30. The molecule has 1 aliphatic heterocycles. The van der Waals surface area contributed by atoms with Crippen LogP contribution in [-0.4, -0.2) is 54.7 Å². The summed E-state index contributed by atoms with van der Waals surface area (Å²) in [7, 11) is 1.29. The van der Waals surface area contributed by atoms with Gasteiger partial charge in [-0.1, -0.05) is 12.1 Å². The molecule has 0 radical (unpaired) electrons. The monoisotopic (exact) mass is 336 g/mol. The van der Waals surface area contributed by atoms with Crippen molar-refractivity contribution in [3.63, 3.8) is 0 Å². The zero-order valence-corrected chi connectivity index (χ0v) is 14.2. The minimum Gasteiger partial charge on any atom is -0.497 e. The SMILES string of the molecule is COc1cccc(-c2nc3c([nH]2)CN(S(=O)(=O)N(C)C)CC3)c1. The fourth-order valence-corrected chi connectivity index (χ4v) is 3.68. The number of aromatic amines is 1. The molecule has 0 bridgehead atoms. The van der Waals surface area contributed by atoms with Crippen molar-refractivity contribution in [2.45, 2.75) is 13.0 Å². The Morgan fingerprint density at radius 3 is 2.83 bits per heavy atom. The molecule has 0 saturated heterocycles. The number of rotatable bonds is 4. The van der Waals surface area contributed by atoms with Crippen molar-refractivity contribution in [3.05, 3.63) is 35.7 Å². The lowest BCUT2D eigenvalue weighted by Crippen LogP contribution is -2.42. The second-order valence-corrected chi connectivity index (χ2v) is 7.76. The molecule has 3 rings (SSSR count). The summed E-state index contributed by atoms with van der Waals surface area (Å²) in [6.45, 7) is 0.753. The molecule has 0 amide bonds. The van der Waals surface area contributed by atoms with Crippen LogP contribution in [-0.2, 0) is 23.2 Å². The number of benzene rings is 1. The van der Waals surface area contributed by atoms with Gasteiger partial charge in [-0.2, -0.15) is 17.0 Å². The molecule has 0 atom stereocenters. The number of methoxy groups -OCH3 is 1. The number of aromatic nitrogens is 2. The third-order valence-electron chi connectivity index (χ3n) is 3.93. The lowest BCUT2D eigenvalue weighted by molar-refractivity contribution is 0.354. The summed E-state index contributed by atoms with van der Waals surface area (Å²) >= 11 is 0. The van der Waals surface area contributed by atoms with E-state index in [1.165, 1.54) is 8.61 Å². The summed E-state index contributed by atoms with van der Waals surface area (Å²) in [5, 5.41) is 0. The molecule has 1 aromatic heterocycles. The molecule has 2 heterocycles. The van der Waals surface area contributed by atoms with Gasteiger partial charge < -0.3 is 9.72 Å². The second-order valence-electron chi connectivity index (χ2n) is 5.62. The van der Waals surface area contributed by atoms with Crippen molar-refractivity contribution in [1.29, 1.82) is 0 Å². The number of hydrogen-bond acceptors (Lipinski definition) is 4. The van der Waals surface area contributed by atoms with Gasteiger partial charge >= 0.3 is 0 Å². The van der Waals surface area contributed by atoms with E-state index >= 15 is 0 Å². The molecule has 23 heavy (non-hydrogen) atoms. The number of imidazole rings is 1. The van der Waals surface area contributed by atoms with Crippen molar-refractivity contribution in [2.24, 2.45) is 0 Å². The van der Waals surface area contributed by atoms with Crippen molar-refractivity contribution >= 4 is 10.2 Å². The molecule has 0 fully saturated rings. The number of H-pyrrole nitrogens is 1. The van der Waals surface area contributed by atoms with Crippen LogP contribution in [0.1, 0.15) is 11.4 Å². The number of nitrogens with one attached hydrogen (secondary N) is 1. The Kier molecular flexibility index (Phi) is 4.13. The van der Waals surface area contributed by atoms with Gasteiger partial charge in [-0.15, -0.1) is 0 Å². The Morgan fingerprint density at radius 1 is 1.35 bits per heavy atom. The third-order valence-corrected chi connectivity index (χ3v) is 5.81. The van der Waals surface area contributed by atoms with Crippen LogP contribution in [0, 0.1) is 0 Å². The number of hydrogen-bond donors (Lipinski definition) is 1. The first-order valence-electron chi connectivity index (χ1n) is 7.31. The van der Waals surface area contributed by atoms with Gasteiger partial charge in [0.15, 0.2) is 0 Å². The summed E-state index contributed by atoms with van der Waals surface area (Å²) in [4.78, 5) is 7.86. The number of ether oxygens (including phenoxy) is 1. The highest BCUT2D eigenvalue weighted by Crippen LogP contribution is 2.26. The van der Waals surface area contributed by atoms with Crippen LogP contribution in [0.5, 0.6) is 5.75 Å². The molecular weight excluding hydrogens is 316 g/mol. The van der Waals surface area contributed by atoms with E-state index in [-0.39, 0.29) is 0 Å². The lowest BCUT2D eigenvalue weighted by Gasteiger charge is -2.27. The van der Waals surface area contributed by atoms with Crippen LogP contribution in [0.15, 0.2) is 24.3 Å². The Hall–Kier alpha value is -1.90. The average molecular weight is 336 g/mol. The van der Waals surface area contributed by atoms with E-state index in [2.05, 4.69) is 9.97 Å². The van der Waals surface area contributed by atoms with Crippen molar-refractivity contribution in [3.8, 4) is 17.1 Å². The van der Waals surface area contributed by atoms with Gasteiger partial charge in [0.2, 0.25) is 0 Å². The third kappa shape index (κ3) is 2.97. The fraction of sp³-hybridized carbons (Fsp3) is 0.400. The molecule has 8 heteroatoms. The summed E-state index contributed by atoms with van der Waals surface area (Å²) < 4.78 is 32.4. The summed E-state index contributed by atoms with van der Waals surface area (Å²) in [5.74, 6) is 1.49. The normalized spacial score (nSPS) is 15.7. The first-order valence-corrected chi connectivity index (χ1v) is 8.71. The Bertz CT molecular complexity index is 814. The summed E-state index contributed by atoms with van der Waals surface area (Å²) in [5.41, 5.74) is 2.69. The molecule has 7 nitrogen and oxygen atoms in total. The molecule has 0 spiro atoms. The van der Waals surface area contributed by atoms with Crippen LogP contribution in [0.25, 0.3) is 11.4 Å². The maximum absolute atomic E-state index is 12.3. The van der Waals surface area contributed by atoms with E-state index in [0.29, 0.717) is 19.5 Å². The van der Waals surface area contributed by atoms with Crippen LogP contribution in [0.3, 0.4) is 0 Å². The molecule has 0 unspecified atom stereocenters. The van der Waals surface area contributed by atoms with Crippen LogP contribution >= 0.6 is 0 Å². The Balaban J connectivity index is 1.90. The van der Waals surface area contributed by atoms with Gasteiger partial charge in [0.25, 0.3) is 10.2 Å². The zero-order valence-electron chi connectivity index (χ0n) is 13.4. The lowest BCUT2D eigenvalue weighted by atomic mass is 10.2. The smallest absolute Gasteiger partial charge is 0.281 e. The van der Waals surface area contributed by atoms with E-state index in [9.17, 15) is 8.42 Å². The molecule has 1 aromatic carbocycles. The van der Waals surface area contributed by atoms with Gasteiger partial charge in [-0.05, 0) is 12.1 Å². The predicted molar refractivity (Wildman–Crippen MR) is 87.3 cm³/mol. The van der Waals surface area contributed by atoms with Crippen LogP contribution < -0.4 is 4.74 Å². The predicted octanol–water partition coefficient (Wildman–Crippen LogP) is 1.25. The van der Waals surface area contributed by atoms with E-state index < -0.39 is 10.2 Å². The average Bonchev–Trinajstić information content (AvgIpc) is 2.97. The van der Waals surface area contributed by atoms with Crippen LogP contribution in [0.2, 0.25) is 0 Å². The van der Waals surface area contributed by atoms with Gasteiger partial charge in [-0.25, -0.2) is 4.98 Å². The minimum absolute atomic E-state index is 0.312. The van der Waals surface area contributed by atoms with Crippen molar-refractivity contribution in [2.75, 3.05) is 27.7 Å². The Morgan fingerprint density at radius 2 is 2.13 bits per heavy atom. The van der Waals surface area contributed by atoms with Gasteiger partial charge in [0, 0.05) is 32.6 Å². The summed E-state index contributed by atoms with van der Waals surface area (Å²) in [6, 6.07) is 7.62. The maximum atomic E-state index is 12.3. The van der Waals surface area contributed by atoms with Crippen LogP contribution in [0.4, 0.5) is 0 Å². The molecule has 124 valence electrons.